The van der Waals surface area contributed by atoms with Gasteiger partial charge in [-0.3, -0.25) is 9.20 Å². The Morgan fingerprint density at radius 3 is 3.19 bits per heavy atom. The molecule has 21 heavy (non-hydrogen) atoms. The van der Waals surface area contributed by atoms with Gasteiger partial charge in [-0.1, -0.05) is 24.2 Å². The summed E-state index contributed by atoms with van der Waals surface area (Å²) in [5, 5.41) is 18.4. The number of fused-ring (bicyclic) bond motifs is 1. The van der Waals surface area contributed by atoms with Gasteiger partial charge in [0.2, 0.25) is 0 Å². The third-order valence-corrected chi connectivity index (χ3v) is 5.23. The van der Waals surface area contributed by atoms with Crippen molar-refractivity contribution in [1.82, 2.24) is 14.6 Å². The molecule has 7 heteroatoms. The van der Waals surface area contributed by atoms with Gasteiger partial charge in [0.05, 0.1) is 0 Å². The van der Waals surface area contributed by atoms with Gasteiger partial charge < -0.3 is 10.8 Å². The molecule has 1 fully saturated rings. The molecule has 2 unspecified atom stereocenters. The van der Waals surface area contributed by atoms with Crippen LogP contribution in [0.4, 0.5) is 0 Å². The Morgan fingerprint density at radius 2 is 2.38 bits per heavy atom. The van der Waals surface area contributed by atoms with Crippen molar-refractivity contribution in [3.05, 3.63) is 24.4 Å². The molecule has 112 valence electrons. The molecule has 2 heterocycles. The normalized spacial score (nSPS) is 25.5. The van der Waals surface area contributed by atoms with Crippen LogP contribution in [0.25, 0.3) is 5.65 Å². The third kappa shape index (κ3) is 2.63. The van der Waals surface area contributed by atoms with Crippen LogP contribution in [-0.4, -0.2) is 37.0 Å². The highest BCUT2D eigenvalue weighted by molar-refractivity contribution is 7.99. The molecule has 0 radical (unpaired) electrons. The summed E-state index contributed by atoms with van der Waals surface area (Å²) in [4.78, 5) is 11.3. The van der Waals surface area contributed by atoms with Crippen LogP contribution in [-0.2, 0) is 4.79 Å². The number of rotatable bonds is 5. The molecule has 0 amide bonds. The van der Waals surface area contributed by atoms with Crippen molar-refractivity contribution in [3.63, 3.8) is 0 Å². The standard InChI is InChI=1S/C14H18N4O2S/c15-14(12(19)20)7-3-4-10(14)6-9-21-13-17-16-11-5-1-2-8-18(11)13/h1-2,5,8,10H,3-4,6-7,9,15H2,(H,19,20). The minimum atomic E-state index is -1.05. The second kappa shape index (κ2) is 5.65. The predicted molar refractivity (Wildman–Crippen MR) is 80.2 cm³/mol. The van der Waals surface area contributed by atoms with Crippen LogP contribution in [0.1, 0.15) is 25.7 Å². The summed E-state index contributed by atoms with van der Waals surface area (Å²) in [5.41, 5.74) is 5.83. The van der Waals surface area contributed by atoms with E-state index in [0.717, 1.165) is 35.8 Å². The van der Waals surface area contributed by atoms with E-state index in [9.17, 15) is 9.90 Å². The molecule has 1 aliphatic rings. The van der Waals surface area contributed by atoms with E-state index >= 15 is 0 Å². The maximum atomic E-state index is 11.3. The summed E-state index contributed by atoms with van der Waals surface area (Å²) < 4.78 is 1.94. The van der Waals surface area contributed by atoms with E-state index in [2.05, 4.69) is 10.2 Å². The first kappa shape index (κ1) is 14.3. The number of nitrogens with two attached hydrogens (primary N) is 1. The fraction of sp³-hybridized carbons (Fsp3) is 0.500. The topological polar surface area (TPSA) is 93.5 Å². The van der Waals surface area contributed by atoms with Crippen molar-refractivity contribution in [2.75, 3.05) is 5.75 Å². The zero-order valence-electron chi connectivity index (χ0n) is 11.6. The smallest absolute Gasteiger partial charge is 0.323 e. The predicted octanol–water partition coefficient (Wildman–Crippen LogP) is 1.79. The molecule has 0 aliphatic heterocycles. The Hall–Kier alpha value is -1.60. The minimum absolute atomic E-state index is 0.0432. The number of pyridine rings is 1. The van der Waals surface area contributed by atoms with Crippen molar-refractivity contribution >= 4 is 23.4 Å². The summed E-state index contributed by atoms with van der Waals surface area (Å²) >= 11 is 1.60. The average Bonchev–Trinajstić information content (AvgIpc) is 3.05. The van der Waals surface area contributed by atoms with E-state index < -0.39 is 11.5 Å². The number of thioether (sulfide) groups is 1. The minimum Gasteiger partial charge on any atom is -0.480 e. The fourth-order valence-corrected chi connectivity index (χ4v) is 3.97. The van der Waals surface area contributed by atoms with Crippen LogP contribution in [0.2, 0.25) is 0 Å². The molecule has 2 aromatic rings. The Bertz CT molecular complexity index is 659. The molecule has 2 atom stereocenters. The molecule has 3 rings (SSSR count). The lowest BCUT2D eigenvalue weighted by Crippen LogP contribution is -2.51. The summed E-state index contributed by atoms with van der Waals surface area (Å²) in [7, 11) is 0. The average molecular weight is 306 g/mol. The van der Waals surface area contributed by atoms with E-state index in [1.54, 1.807) is 11.8 Å². The first-order valence-corrected chi connectivity index (χ1v) is 8.04. The van der Waals surface area contributed by atoms with E-state index in [-0.39, 0.29) is 5.92 Å². The van der Waals surface area contributed by atoms with E-state index in [4.69, 9.17) is 5.73 Å². The molecule has 2 aromatic heterocycles. The zero-order valence-corrected chi connectivity index (χ0v) is 12.4. The van der Waals surface area contributed by atoms with Crippen LogP contribution < -0.4 is 5.73 Å². The number of carboxylic acids is 1. The number of aliphatic carboxylic acids is 1. The molecule has 0 saturated heterocycles. The van der Waals surface area contributed by atoms with Crippen molar-refractivity contribution in [2.45, 2.75) is 36.4 Å². The monoisotopic (exact) mass is 306 g/mol. The number of hydrogen-bond acceptors (Lipinski definition) is 5. The second-order valence-electron chi connectivity index (χ2n) is 5.48. The highest BCUT2D eigenvalue weighted by Gasteiger charge is 2.45. The van der Waals surface area contributed by atoms with Gasteiger partial charge in [0.15, 0.2) is 10.8 Å². The van der Waals surface area contributed by atoms with Gasteiger partial charge >= 0.3 is 5.97 Å². The second-order valence-corrected chi connectivity index (χ2v) is 6.55. The third-order valence-electron chi connectivity index (χ3n) is 4.25. The van der Waals surface area contributed by atoms with E-state index in [1.165, 1.54) is 0 Å². The molecular weight excluding hydrogens is 288 g/mol. The van der Waals surface area contributed by atoms with Crippen LogP contribution in [0.5, 0.6) is 0 Å². The number of hydrogen-bond donors (Lipinski definition) is 2. The lowest BCUT2D eigenvalue weighted by atomic mass is 9.86. The maximum absolute atomic E-state index is 11.3. The summed E-state index contributed by atoms with van der Waals surface area (Å²) in [5.74, 6) is -0.0309. The first-order chi connectivity index (χ1) is 10.1. The zero-order chi connectivity index (χ0) is 14.9. The number of carbonyl (C=O) groups is 1. The lowest BCUT2D eigenvalue weighted by Gasteiger charge is -2.26. The quantitative estimate of drug-likeness (QED) is 0.818. The van der Waals surface area contributed by atoms with Crippen molar-refractivity contribution in [1.29, 1.82) is 0 Å². The fourth-order valence-electron chi connectivity index (χ4n) is 3.00. The Balaban J connectivity index is 1.63. The van der Waals surface area contributed by atoms with Gasteiger partial charge in [-0.2, -0.15) is 0 Å². The summed E-state index contributed by atoms with van der Waals surface area (Å²) in [6.45, 7) is 0. The van der Waals surface area contributed by atoms with E-state index in [0.29, 0.717) is 6.42 Å². The van der Waals surface area contributed by atoms with Crippen LogP contribution >= 0.6 is 11.8 Å². The molecule has 1 aliphatic carbocycles. The van der Waals surface area contributed by atoms with Gasteiger partial charge in [-0.05, 0) is 37.3 Å². The van der Waals surface area contributed by atoms with Crippen LogP contribution in [0.3, 0.4) is 0 Å². The largest absolute Gasteiger partial charge is 0.480 e. The summed E-state index contributed by atoms with van der Waals surface area (Å²) in [6, 6.07) is 5.77. The highest BCUT2D eigenvalue weighted by Crippen LogP contribution is 2.37. The molecule has 0 bridgehead atoms. The summed E-state index contributed by atoms with van der Waals surface area (Å²) in [6.07, 6.45) is 5.08. The van der Waals surface area contributed by atoms with Gasteiger partial charge in [0, 0.05) is 11.9 Å². The molecule has 3 N–H and O–H groups in total. The lowest BCUT2D eigenvalue weighted by molar-refractivity contribution is -0.144. The molecule has 0 aromatic carbocycles. The highest BCUT2D eigenvalue weighted by atomic mass is 32.2. The first-order valence-electron chi connectivity index (χ1n) is 7.06. The maximum Gasteiger partial charge on any atom is 0.323 e. The number of aromatic nitrogens is 3. The van der Waals surface area contributed by atoms with Crippen LogP contribution in [0, 0.1) is 5.92 Å². The Kier molecular flexibility index (Phi) is 3.86. The van der Waals surface area contributed by atoms with Crippen molar-refractivity contribution in [3.8, 4) is 0 Å². The number of nitrogens with zero attached hydrogens (tertiary/aromatic N) is 3. The van der Waals surface area contributed by atoms with Crippen molar-refractivity contribution < 1.29 is 9.90 Å². The molecule has 0 spiro atoms. The molecular formula is C14H18N4O2S. The Morgan fingerprint density at radius 1 is 1.52 bits per heavy atom. The van der Waals surface area contributed by atoms with Crippen LogP contribution in [0.15, 0.2) is 29.6 Å². The van der Waals surface area contributed by atoms with Gasteiger partial charge in [0.1, 0.15) is 5.54 Å². The van der Waals surface area contributed by atoms with E-state index in [1.807, 2.05) is 28.8 Å². The number of carboxylic acid groups (broad SMARTS) is 1. The van der Waals surface area contributed by atoms with Gasteiger partial charge in [-0.25, -0.2) is 0 Å². The molecule has 6 nitrogen and oxygen atoms in total. The molecule has 1 saturated carbocycles. The van der Waals surface area contributed by atoms with Gasteiger partial charge in [-0.15, -0.1) is 10.2 Å². The van der Waals surface area contributed by atoms with Crippen molar-refractivity contribution in [2.24, 2.45) is 11.7 Å². The van der Waals surface area contributed by atoms with Gasteiger partial charge in [0.25, 0.3) is 0 Å². The SMILES string of the molecule is NC1(C(=O)O)CCCC1CCSc1nnc2ccccn12. The Labute approximate surface area is 126 Å².